The van der Waals surface area contributed by atoms with Gasteiger partial charge in [-0.05, 0) is 24.3 Å². The van der Waals surface area contributed by atoms with Gasteiger partial charge in [0.05, 0.1) is 11.4 Å². The molecular formula is C16H13BrN2O2. The number of ketones is 1. The van der Waals surface area contributed by atoms with Crippen molar-refractivity contribution >= 4 is 39.0 Å². The van der Waals surface area contributed by atoms with E-state index in [0.29, 0.717) is 5.56 Å². The molecule has 2 aromatic carbocycles. The van der Waals surface area contributed by atoms with Crippen LogP contribution in [0.2, 0.25) is 0 Å². The van der Waals surface area contributed by atoms with Crippen molar-refractivity contribution in [2.24, 2.45) is 0 Å². The van der Waals surface area contributed by atoms with Crippen molar-refractivity contribution in [3.8, 4) is 0 Å². The molecule has 0 fully saturated rings. The van der Waals surface area contributed by atoms with Crippen LogP contribution in [0.25, 0.3) is 0 Å². The number of hydrogen-bond acceptors (Lipinski definition) is 3. The van der Waals surface area contributed by atoms with Crippen LogP contribution in [-0.2, 0) is 4.79 Å². The van der Waals surface area contributed by atoms with E-state index >= 15 is 0 Å². The van der Waals surface area contributed by atoms with E-state index in [1.165, 1.54) is 0 Å². The minimum absolute atomic E-state index is 0.0606. The van der Waals surface area contributed by atoms with Crippen LogP contribution in [0.1, 0.15) is 16.8 Å². The normalized spacial score (nSPS) is 16.6. The molecule has 1 aliphatic rings. The number of hydrogen-bond donors (Lipinski definition) is 2. The summed E-state index contributed by atoms with van der Waals surface area (Å²) in [5.74, 6) is -0.242. The lowest BCUT2D eigenvalue weighted by molar-refractivity contribution is -0.117. The highest BCUT2D eigenvalue weighted by atomic mass is 79.9. The Morgan fingerprint density at radius 2 is 1.71 bits per heavy atom. The summed E-state index contributed by atoms with van der Waals surface area (Å²) in [4.78, 5) is 24.3. The first kappa shape index (κ1) is 13.8. The smallest absolute Gasteiger partial charge is 0.247 e. The van der Waals surface area contributed by atoms with Gasteiger partial charge in [-0.25, -0.2) is 0 Å². The van der Waals surface area contributed by atoms with Crippen LogP contribution in [0, 0.1) is 0 Å². The summed E-state index contributed by atoms with van der Waals surface area (Å²) >= 11 is 3.33. The van der Waals surface area contributed by atoms with Crippen molar-refractivity contribution in [2.45, 2.75) is 12.5 Å². The van der Waals surface area contributed by atoms with Gasteiger partial charge in [0.25, 0.3) is 0 Å². The fourth-order valence-electron chi connectivity index (χ4n) is 2.27. The van der Waals surface area contributed by atoms with Gasteiger partial charge in [-0.1, -0.05) is 40.2 Å². The third kappa shape index (κ3) is 2.97. The predicted octanol–water partition coefficient (Wildman–Crippen LogP) is 3.45. The number of anilines is 2. The topological polar surface area (TPSA) is 58.2 Å². The lowest BCUT2D eigenvalue weighted by atomic mass is 10.0. The monoisotopic (exact) mass is 344 g/mol. The molecule has 0 saturated carbocycles. The summed E-state index contributed by atoms with van der Waals surface area (Å²) < 4.78 is 0.918. The maximum Gasteiger partial charge on any atom is 0.247 e. The maximum atomic E-state index is 12.2. The molecule has 1 heterocycles. The molecule has 0 aliphatic carbocycles. The molecule has 2 aromatic rings. The van der Waals surface area contributed by atoms with Gasteiger partial charge in [-0.2, -0.15) is 0 Å². The summed E-state index contributed by atoms with van der Waals surface area (Å²) in [6.45, 7) is 0. The molecule has 0 radical (unpaired) electrons. The van der Waals surface area contributed by atoms with Crippen molar-refractivity contribution in [1.82, 2.24) is 0 Å². The average molecular weight is 345 g/mol. The van der Waals surface area contributed by atoms with E-state index in [1.54, 1.807) is 12.1 Å². The third-order valence-electron chi connectivity index (χ3n) is 3.39. The zero-order valence-electron chi connectivity index (χ0n) is 11.1. The van der Waals surface area contributed by atoms with E-state index < -0.39 is 6.04 Å². The Kier molecular flexibility index (Phi) is 3.75. The second kappa shape index (κ2) is 5.69. The number of benzene rings is 2. The molecular weight excluding hydrogens is 332 g/mol. The molecule has 0 spiro atoms. The number of nitrogens with one attached hydrogen (secondary N) is 2. The minimum atomic E-state index is -0.545. The highest BCUT2D eigenvalue weighted by Crippen LogP contribution is 2.27. The minimum Gasteiger partial charge on any atom is -0.372 e. The second-order valence-corrected chi connectivity index (χ2v) is 5.78. The quantitative estimate of drug-likeness (QED) is 0.838. The SMILES string of the molecule is O=C(C[C@@H]1Nc2ccccc2NC1=O)c1ccc(Br)cc1. The van der Waals surface area contributed by atoms with E-state index in [1.807, 2.05) is 36.4 Å². The average Bonchev–Trinajstić information content (AvgIpc) is 2.48. The molecule has 2 N–H and O–H groups in total. The number of carbonyl (C=O) groups excluding carboxylic acids is 2. The first-order valence-electron chi connectivity index (χ1n) is 6.59. The number of amides is 1. The molecule has 5 heteroatoms. The van der Waals surface area contributed by atoms with Crippen LogP contribution < -0.4 is 10.6 Å². The molecule has 21 heavy (non-hydrogen) atoms. The largest absolute Gasteiger partial charge is 0.372 e. The second-order valence-electron chi connectivity index (χ2n) is 4.87. The fraction of sp³-hybridized carbons (Fsp3) is 0.125. The summed E-state index contributed by atoms with van der Waals surface area (Å²) in [6, 6.07) is 14.0. The Labute approximate surface area is 130 Å². The van der Waals surface area contributed by atoms with Gasteiger partial charge in [0, 0.05) is 16.5 Å². The van der Waals surface area contributed by atoms with Crippen molar-refractivity contribution in [2.75, 3.05) is 10.6 Å². The zero-order chi connectivity index (χ0) is 14.8. The van der Waals surface area contributed by atoms with Crippen molar-refractivity contribution in [3.63, 3.8) is 0 Å². The summed E-state index contributed by atoms with van der Waals surface area (Å²) in [6.07, 6.45) is 0.127. The van der Waals surface area contributed by atoms with E-state index in [0.717, 1.165) is 15.8 Å². The number of rotatable bonds is 3. The van der Waals surface area contributed by atoms with Crippen LogP contribution in [0.5, 0.6) is 0 Å². The van der Waals surface area contributed by atoms with Crippen LogP contribution >= 0.6 is 15.9 Å². The van der Waals surface area contributed by atoms with Crippen LogP contribution in [0.15, 0.2) is 53.0 Å². The van der Waals surface area contributed by atoms with Crippen molar-refractivity contribution in [1.29, 1.82) is 0 Å². The maximum absolute atomic E-state index is 12.2. The van der Waals surface area contributed by atoms with Gasteiger partial charge in [-0.3, -0.25) is 9.59 Å². The molecule has 0 aromatic heterocycles. The highest BCUT2D eigenvalue weighted by molar-refractivity contribution is 9.10. The molecule has 0 bridgehead atoms. The predicted molar refractivity (Wildman–Crippen MR) is 85.6 cm³/mol. The molecule has 3 rings (SSSR count). The summed E-state index contributed by atoms with van der Waals surface area (Å²) in [5, 5.41) is 5.93. The van der Waals surface area contributed by atoms with Crippen molar-refractivity contribution < 1.29 is 9.59 Å². The molecule has 106 valence electrons. The molecule has 4 nitrogen and oxygen atoms in total. The first-order valence-corrected chi connectivity index (χ1v) is 7.38. The Hall–Kier alpha value is -2.14. The van der Waals surface area contributed by atoms with E-state index in [4.69, 9.17) is 0 Å². The molecule has 0 unspecified atom stereocenters. The van der Waals surface area contributed by atoms with Gasteiger partial charge in [0.2, 0.25) is 5.91 Å². The summed E-state index contributed by atoms with van der Waals surface area (Å²) in [5.41, 5.74) is 2.19. The number of halogens is 1. The van der Waals surface area contributed by atoms with Crippen LogP contribution in [-0.4, -0.2) is 17.7 Å². The Bertz CT molecular complexity index is 698. The van der Waals surface area contributed by atoms with Gasteiger partial charge in [0.15, 0.2) is 5.78 Å². The standard InChI is InChI=1S/C16H13BrN2O2/c17-11-7-5-10(6-8-11)15(20)9-14-16(21)19-13-4-2-1-3-12(13)18-14/h1-8,14,18H,9H2,(H,19,21)/t14-/m0/s1. The number of fused-ring (bicyclic) bond motifs is 1. The Morgan fingerprint density at radius 3 is 2.43 bits per heavy atom. The van der Waals surface area contributed by atoms with Gasteiger partial charge < -0.3 is 10.6 Å². The molecule has 0 saturated heterocycles. The van der Waals surface area contributed by atoms with Crippen LogP contribution in [0.4, 0.5) is 11.4 Å². The van der Waals surface area contributed by atoms with Gasteiger partial charge >= 0.3 is 0 Å². The van der Waals surface area contributed by atoms with Crippen LogP contribution in [0.3, 0.4) is 0 Å². The molecule has 1 amide bonds. The lowest BCUT2D eigenvalue weighted by Gasteiger charge is -2.26. The highest BCUT2D eigenvalue weighted by Gasteiger charge is 2.27. The lowest BCUT2D eigenvalue weighted by Crippen LogP contribution is -2.40. The number of para-hydroxylation sites is 2. The number of Topliss-reactive ketones (excluding diaryl/α,β-unsaturated/α-hetero) is 1. The Morgan fingerprint density at radius 1 is 1.05 bits per heavy atom. The van der Waals surface area contributed by atoms with E-state index in [-0.39, 0.29) is 18.1 Å². The molecule has 1 atom stereocenters. The van der Waals surface area contributed by atoms with Gasteiger partial charge in [-0.15, -0.1) is 0 Å². The number of carbonyl (C=O) groups is 2. The van der Waals surface area contributed by atoms with E-state index in [2.05, 4.69) is 26.6 Å². The zero-order valence-corrected chi connectivity index (χ0v) is 12.7. The Balaban J connectivity index is 1.75. The van der Waals surface area contributed by atoms with E-state index in [9.17, 15) is 9.59 Å². The molecule has 1 aliphatic heterocycles. The summed E-state index contributed by atoms with van der Waals surface area (Å²) in [7, 11) is 0. The fourth-order valence-corrected chi connectivity index (χ4v) is 2.54. The van der Waals surface area contributed by atoms with Crippen molar-refractivity contribution in [3.05, 3.63) is 58.6 Å². The van der Waals surface area contributed by atoms with Gasteiger partial charge in [0.1, 0.15) is 6.04 Å². The first-order chi connectivity index (χ1) is 10.1. The third-order valence-corrected chi connectivity index (χ3v) is 3.92.